The van der Waals surface area contributed by atoms with Crippen LogP contribution in [-0.4, -0.2) is 64.2 Å². The summed E-state index contributed by atoms with van der Waals surface area (Å²) >= 11 is 7.12. The molecule has 22 heavy (non-hydrogen) atoms. The molecule has 0 aromatic heterocycles. The number of hydrogen-bond donors (Lipinski definition) is 1. The average molecular weight is 345 g/mol. The number of amides is 3. The highest BCUT2D eigenvalue weighted by Gasteiger charge is 2.48. The standard InChI is InChI=1S/C13H17ClN4O3S/c1-7(14)4-5-18-9-10(15-13(18)22-6-8(2)19)17(3)12(21)16-11(9)20/h4,9-10H,5-6H2,1-3H3,(H,16,20,21)/b7-4-. The van der Waals surface area contributed by atoms with Gasteiger partial charge in [-0.2, -0.15) is 0 Å². The number of aliphatic imine (C=N–C) groups is 1. The lowest BCUT2D eigenvalue weighted by molar-refractivity contribution is -0.126. The number of hydrogen-bond acceptors (Lipinski definition) is 6. The minimum Gasteiger partial charge on any atom is -0.332 e. The first kappa shape index (κ1) is 16.8. The predicted octanol–water partition coefficient (Wildman–Crippen LogP) is 0.999. The molecule has 0 aromatic carbocycles. The van der Waals surface area contributed by atoms with E-state index in [-0.39, 0.29) is 11.5 Å². The Balaban J connectivity index is 2.27. The van der Waals surface area contributed by atoms with Crippen LogP contribution in [0.1, 0.15) is 13.8 Å². The van der Waals surface area contributed by atoms with Crippen LogP contribution in [0.4, 0.5) is 4.79 Å². The summed E-state index contributed by atoms with van der Waals surface area (Å²) in [6.07, 6.45) is 1.18. The van der Waals surface area contributed by atoms with E-state index in [1.807, 2.05) is 0 Å². The van der Waals surface area contributed by atoms with E-state index in [9.17, 15) is 14.4 Å². The number of allylic oxidation sites excluding steroid dienone is 1. The van der Waals surface area contributed by atoms with E-state index in [4.69, 9.17) is 11.6 Å². The quantitative estimate of drug-likeness (QED) is 0.822. The fraction of sp³-hybridized carbons (Fsp3) is 0.538. The van der Waals surface area contributed by atoms with Gasteiger partial charge in [-0.15, -0.1) is 0 Å². The Bertz CT molecular complexity index is 574. The van der Waals surface area contributed by atoms with Gasteiger partial charge in [0.2, 0.25) is 0 Å². The fourth-order valence-electron chi connectivity index (χ4n) is 2.20. The number of ketones is 1. The zero-order valence-electron chi connectivity index (χ0n) is 12.5. The minimum absolute atomic E-state index is 0.0143. The van der Waals surface area contributed by atoms with E-state index in [0.717, 1.165) is 0 Å². The largest absolute Gasteiger partial charge is 0.332 e. The second-order valence-corrected chi connectivity index (χ2v) is 6.65. The molecule has 2 aliphatic heterocycles. The summed E-state index contributed by atoms with van der Waals surface area (Å²) in [7, 11) is 1.59. The molecule has 2 atom stereocenters. The lowest BCUT2D eigenvalue weighted by Crippen LogP contribution is -2.63. The van der Waals surface area contributed by atoms with Gasteiger partial charge in [0.15, 0.2) is 17.4 Å². The average Bonchev–Trinajstić information content (AvgIpc) is 2.79. The number of thioether (sulfide) groups is 1. The van der Waals surface area contributed by atoms with Crippen molar-refractivity contribution in [3.05, 3.63) is 11.1 Å². The number of nitrogens with zero attached hydrogens (tertiary/aromatic N) is 3. The van der Waals surface area contributed by atoms with Crippen molar-refractivity contribution >= 4 is 46.3 Å². The zero-order chi connectivity index (χ0) is 16.4. The zero-order valence-corrected chi connectivity index (χ0v) is 14.1. The van der Waals surface area contributed by atoms with Gasteiger partial charge in [0, 0.05) is 18.6 Å². The highest BCUT2D eigenvalue weighted by molar-refractivity contribution is 8.14. The molecule has 0 spiro atoms. The maximum atomic E-state index is 12.2. The SMILES string of the molecule is CC(=O)CSC1=NC2C(C(=O)NC(=O)N2C)N1C/C=C(/C)Cl. The molecule has 9 heteroatoms. The number of nitrogens with one attached hydrogen (secondary N) is 1. The first-order valence-corrected chi connectivity index (χ1v) is 8.04. The van der Waals surface area contributed by atoms with Crippen molar-refractivity contribution in [2.45, 2.75) is 26.1 Å². The van der Waals surface area contributed by atoms with E-state index < -0.39 is 24.1 Å². The minimum atomic E-state index is -0.607. The second kappa shape index (κ2) is 6.70. The molecule has 2 aliphatic rings. The maximum Gasteiger partial charge on any atom is 0.325 e. The first-order chi connectivity index (χ1) is 10.3. The number of rotatable bonds is 4. The summed E-state index contributed by atoms with van der Waals surface area (Å²) in [6, 6.07) is -1.08. The van der Waals surface area contributed by atoms with Crippen molar-refractivity contribution in [3.8, 4) is 0 Å². The molecule has 1 fully saturated rings. The van der Waals surface area contributed by atoms with E-state index in [1.165, 1.54) is 23.6 Å². The Morgan fingerprint density at radius 3 is 2.73 bits per heavy atom. The predicted molar refractivity (Wildman–Crippen MR) is 85.8 cm³/mol. The Kier molecular flexibility index (Phi) is 5.12. The molecule has 1 saturated heterocycles. The number of imide groups is 1. The number of urea groups is 1. The van der Waals surface area contributed by atoms with Crippen molar-refractivity contribution in [1.82, 2.24) is 15.1 Å². The molecule has 7 nitrogen and oxygen atoms in total. The van der Waals surface area contributed by atoms with Gasteiger partial charge in [-0.05, 0) is 13.8 Å². The summed E-state index contributed by atoms with van der Waals surface area (Å²) in [5, 5.41) is 3.47. The smallest absolute Gasteiger partial charge is 0.325 e. The number of carbonyl (C=O) groups excluding carboxylic acids is 3. The van der Waals surface area contributed by atoms with Gasteiger partial charge in [0.1, 0.15) is 5.78 Å². The molecule has 2 rings (SSSR count). The van der Waals surface area contributed by atoms with Crippen molar-refractivity contribution in [2.24, 2.45) is 4.99 Å². The molecule has 0 saturated carbocycles. The van der Waals surface area contributed by atoms with Crippen molar-refractivity contribution < 1.29 is 14.4 Å². The number of carbonyl (C=O) groups is 3. The molecule has 1 N–H and O–H groups in total. The molecule has 0 bridgehead atoms. The summed E-state index contributed by atoms with van der Waals surface area (Å²) in [4.78, 5) is 42.7. The lowest BCUT2D eigenvalue weighted by atomic mass is 10.1. The van der Waals surface area contributed by atoms with Crippen LogP contribution < -0.4 is 5.32 Å². The lowest BCUT2D eigenvalue weighted by Gasteiger charge is -2.35. The van der Waals surface area contributed by atoms with E-state index in [0.29, 0.717) is 16.7 Å². The Hall–Kier alpha value is -1.54. The molecule has 3 amide bonds. The molecule has 0 radical (unpaired) electrons. The van der Waals surface area contributed by atoms with Gasteiger partial charge >= 0.3 is 6.03 Å². The number of fused-ring (bicyclic) bond motifs is 1. The topological polar surface area (TPSA) is 82.1 Å². The third-order valence-electron chi connectivity index (χ3n) is 3.30. The molecule has 0 aromatic rings. The highest BCUT2D eigenvalue weighted by Crippen LogP contribution is 2.28. The number of Topliss-reactive ketones (excluding diaryl/α,β-unsaturated/α-hetero) is 1. The number of likely N-dealkylation sites (N-methyl/N-ethyl adjacent to an activating group) is 1. The van der Waals surface area contributed by atoms with Gasteiger partial charge in [0.25, 0.3) is 5.91 Å². The maximum absolute atomic E-state index is 12.2. The first-order valence-electron chi connectivity index (χ1n) is 6.68. The Labute approximate surface area is 137 Å². The molecular weight excluding hydrogens is 328 g/mol. The van der Waals surface area contributed by atoms with Crippen LogP contribution in [-0.2, 0) is 9.59 Å². The van der Waals surface area contributed by atoms with E-state index in [1.54, 1.807) is 24.9 Å². The van der Waals surface area contributed by atoms with Crippen LogP contribution in [0.25, 0.3) is 0 Å². The second-order valence-electron chi connectivity index (χ2n) is 5.11. The fourth-order valence-corrected chi connectivity index (χ4v) is 3.14. The highest BCUT2D eigenvalue weighted by atomic mass is 35.5. The van der Waals surface area contributed by atoms with Gasteiger partial charge in [-0.3, -0.25) is 14.9 Å². The van der Waals surface area contributed by atoms with Gasteiger partial charge in [-0.1, -0.05) is 29.4 Å². The molecule has 2 heterocycles. The van der Waals surface area contributed by atoms with Crippen molar-refractivity contribution in [1.29, 1.82) is 0 Å². The van der Waals surface area contributed by atoms with Gasteiger partial charge in [-0.25, -0.2) is 9.79 Å². The summed E-state index contributed by atoms with van der Waals surface area (Å²) < 4.78 is 0. The Morgan fingerprint density at radius 1 is 1.45 bits per heavy atom. The van der Waals surface area contributed by atoms with Gasteiger partial charge in [0.05, 0.1) is 5.75 Å². The Morgan fingerprint density at radius 2 is 2.14 bits per heavy atom. The van der Waals surface area contributed by atoms with Crippen LogP contribution in [0.15, 0.2) is 16.1 Å². The van der Waals surface area contributed by atoms with Crippen LogP contribution >= 0.6 is 23.4 Å². The normalized spacial score (nSPS) is 25.1. The van der Waals surface area contributed by atoms with Crippen LogP contribution in [0.2, 0.25) is 0 Å². The number of amidine groups is 1. The van der Waals surface area contributed by atoms with Crippen LogP contribution in [0.3, 0.4) is 0 Å². The van der Waals surface area contributed by atoms with E-state index in [2.05, 4.69) is 10.3 Å². The van der Waals surface area contributed by atoms with Crippen molar-refractivity contribution in [2.75, 3.05) is 19.3 Å². The molecule has 0 aliphatic carbocycles. The molecule has 120 valence electrons. The number of halogens is 1. The van der Waals surface area contributed by atoms with Crippen LogP contribution in [0, 0.1) is 0 Å². The monoisotopic (exact) mass is 344 g/mol. The summed E-state index contributed by atoms with van der Waals surface area (Å²) in [6.45, 7) is 3.62. The third kappa shape index (κ3) is 3.44. The third-order valence-corrected chi connectivity index (χ3v) is 4.60. The molecule has 2 unspecified atom stereocenters. The van der Waals surface area contributed by atoms with Crippen LogP contribution in [0.5, 0.6) is 0 Å². The van der Waals surface area contributed by atoms with E-state index >= 15 is 0 Å². The van der Waals surface area contributed by atoms with Crippen molar-refractivity contribution in [3.63, 3.8) is 0 Å². The van der Waals surface area contributed by atoms with Gasteiger partial charge < -0.3 is 9.80 Å². The summed E-state index contributed by atoms with van der Waals surface area (Å²) in [5.41, 5.74) is 0. The summed E-state index contributed by atoms with van der Waals surface area (Å²) in [5.74, 6) is -0.117. The molecular formula is C13H17ClN4O3S.